The number of aliphatic hydroxyl groups is 1. The smallest absolute Gasteiger partial charge is 0.306 e. The zero-order valence-corrected chi connectivity index (χ0v) is 28.4. The number of amides is 3. The highest BCUT2D eigenvalue weighted by Crippen LogP contribution is 2.60. The molecule has 7 atom stereocenters. The van der Waals surface area contributed by atoms with Gasteiger partial charge in [-0.3, -0.25) is 19.2 Å². The van der Waals surface area contributed by atoms with E-state index in [1.807, 2.05) is 62.4 Å². The Labute approximate surface area is 283 Å². The van der Waals surface area contributed by atoms with E-state index < -0.39 is 53.4 Å². The fourth-order valence-corrected chi connectivity index (χ4v) is 8.24. The molecule has 2 N–H and O–H groups in total. The zero-order chi connectivity index (χ0) is 33.9. The van der Waals surface area contributed by atoms with Crippen molar-refractivity contribution in [1.82, 2.24) is 10.2 Å². The number of halogens is 1. The summed E-state index contributed by atoms with van der Waals surface area (Å²) in [6.07, 6.45) is 3.55. The van der Waals surface area contributed by atoms with Gasteiger partial charge < -0.3 is 29.7 Å². The van der Waals surface area contributed by atoms with Crippen LogP contribution >= 0.6 is 15.9 Å². The number of aryl methyl sites for hydroxylation is 2. The number of nitrogens with one attached hydrogen (secondary N) is 1. The van der Waals surface area contributed by atoms with Crippen LogP contribution in [0.4, 0.5) is 5.69 Å². The molecule has 0 saturated carbocycles. The molecule has 0 aromatic heterocycles. The third-order valence-corrected chi connectivity index (χ3v) is 10.2. The van der Waals surface area contributed by atoms with Gasteiger partial charge in [0.25, 0.3) is 5.91 Å². The Kier molecular flexibility index (Phi) is 10.7. The first-order chi connectivity index (χ1) is 22.6. The largest absolute Gasteiger partial charge is 0.463 e. The van der Waals surface area contributed by atoms with Gasteiger partial charge in [-0.1, -0.05) is 70.5 Å². The molecule has 0 aliphatic carbocycles. The topological polar surface area (TPSA) is 125 Å². The molecular weight excluding hydrogens is 666 g/mol. The number of hydrogen-bond acceptors (Lipinski definition) is 7. The van der Waals surface area contributed by atoms with Crippen LogP contribution in [0.15, 0.2) is 73.8 Å². The maximum atomic E-state index is 14.7. The lowest BCUT2D eigenvalue weighted by molar-refractivity contribution is -0.146. The molecule has 3 amide bonds. The van der Waals surface area contributed by atoms with Crippen molar-refractivity contribution in [3.8, 4) is 0 Å². The molecule has 3 saturated heterocycles. The highest BCUT2D eigenvalue weighted by Gasteiger charge is 2.76. The molecule has 10 nitrogen and oxygen atoms in total. The number of β-amino-alcohol motifs (C(OH)–C–C–N with tert-alkyl or cyclic N) is 1. The predicted molar refractivity (Wildman–Crippen MR) is 181 cm³/mol. The van der Waals surface area contributed by atoms with Gasteiger partial charge in [-0.2, -0.15) is 0 Å². The number of nitrogens with zero attached hydrogens (tertiary/aromatic N) is 2. The Hall–Kier alpha value is -3.80. The highest BCUT2D eigenvalue weighted by molar-refractivity contribution is 9.09. The van der Waals surface area contributed by atoms with E-state index in [1.165, 1.54) is 4.90 Å². The van der Waals surface area contributed by atoms with Gasteiger partial charge in [0, 0.05) is 30.0 Å². The average Bonchev–Trinajstić information content (AvgIpc) is 3.65. The third-order valence-electron chi connectivity index (χ3n) is 9.38. The molecular formula is C36H42BrN3O7. The summed E-state index contributed by atoms with van der Waals surface area (Å²) >= 11 is 3.71. The number of likely N-dealkylation sites (tertiary alicyclic amines) is 1. The molecule has 11 heteroatoms. The van der Waals surface area contributed by atoms with Crippen molar-refractivity contribution >= 4 is 45.3 Å². The second-order valence-corrected chi connectivity index (χ2v) is 13.6. The maximum absolute atomic E-state index is 14.7. The van der Waals surface area contributed by atoms with Crippen molar-refractivity contribution in [2.45, 2.75) is 61.7 Å². The number of ether oxygens (including phenoxy) is 2. The normalized spacial score (nSPS) is 26.4. The summed E-state index contributed by atoms with van der Waals surface area (Å²) in [7, 11) is 0. The van der Waals surface area contributed by atoms with Crippen LogP contribution in [0.5, 0.6) is 0 Å². The minimum absolute atomic E-state index is 0.0924. The minimum atomic E-state index is -1.30. The maximum Gasteiger partial charge on any atom is 0.306 e. The summed E-state index contributed by atoms with van der Waals surface area (Å²) in [4.78, 5) is 58.2. The molecule has 5 rings (SSSR count). The fourth-order valence-electron chi connectivity index (χ4n) is 7.29. The zero-order valence-electron chi connectivity index (χ0n) is 26.8. The highest BCUT2D eigenvalue weighted by atomic mass is 79.9. The molecule has 250 valence electrons. The van der Waals surface area contributed by atoms with E-state index in [4.69, 9.17) is 9.47 Å². The molecule has 2 bridgehead atoms. The summed E-state index contributed by atoms with van der Waals surface area (Å²) in [6, 6.07) is 13.2. The summed E-state index contributed by atoms with van der Waals surface area (Å²) < 4.78 is 12.2. The van der Waals surface area contributed by atoms with Gasteiger partial charge >= 0.3 is 5.97 Å². The summed E-state index contributed by atoms with van der Waals surface area (Å²) in [5.74, 6) is -3.52. The number of rotatable bonds is 14. The van der Waals surface area contributed by atoms with E-state index in [-0.39, 0.29) is 43.5 Å². The molecule has 0 radical (unpaired) electrons. The van der Waals surface area contributed by atoms with Crippen LogP contribution in [-0.2, 0) is 28.7 Å². The molecule has 3 aliphatic rings. The van der Waals surface area contributed by atoms with Crippen LogP contribution in [-0.4, -0.2) is 82.6 Å². The van der Waals surface area contributed by atoms with Crippen LogP contribution in [0.2, 0.25) is 0 Å². The van der Waals surface area contributed by atoms with Crippen LogP contribution in [0.3, 0.4) is 0 Å². The van der Waals surface area contributed by atoms with E-state index in [9.17, 15) is 24.3 Å². The Morgan fingerprint density at radius 1 is 1.19 bits per heavy atom. The van der Waals surface area contributed by atoms with Gasteiger partial charge in [0.2, 0.25) is 11.8 Å². The van der Waals surface area contributed by atoms with Crippen molar-refractivity contribution in [2.75, 3.05) is 31.2 Å². The first-order valence-electron chi connectivity index (χ1n) is 15.9. The van der Waals surface area contributed by atoms with Gasteiger partial charge in [0.1, 0.15) is 18.2 Å². The lowest BCUT2D eigenvalue weighted by atomic mass is 9.70. The number of esters is 1. The average molecular weight is 709 g/mol. The predicted octanol–water partition coefficient (Wildman–Crippen LogP) is 3.93. The van der Waals surface area contributed by atoms with Crippen LogP contribution < -0.4 is 10.2 Å². The van der Waals surface area contributed by atoms with Crippen molar-refractivity contribution in [2.24, 2.45) is 11.8 Å². The number of carbonyl (C=O) groups excluding carboxylic acids is 4. The molecule has 2 aromatic rings. The summed E-state index contributed by atoms with van der Waals surface area (Å²) in [5, 5.41) is 13.1. The first kappa shape index (κ1) is 34.5. The number of allylic oxidation sites excluding steroid dienone is 1. The third kappa shape index (κ3) is 6.53. The summed E-state index contributed by atoms with van der Waals surface area (Å²) in [5.41, 5.74) is 1.96. The van der Waals surface area contributed by atoms with E-state index in [1.54, 1.807) is 17.1 Å². The second-order valence-electron chi connectivity index (χ2n) is 12.4. The van der Waals surface area contributed by atoms with Crippen molar-refractivity contribution < 1.29 is 33.8 Å². The number of alkyl halides is 1. The van der Waals surface area contributed by atoms with Crippen LogP contribution in [0.25, 0.3) is 0 Å². The van der Waals surface area contributed by atoms with E-state index >= 15 is 0 Å². The Balaban J connectivity index is 1.48. The molecule has 1 spiro atoms. The van der Waals surface area contributed by atoms with Gasteiger partial charge in [-0.25, -0.2) is 0 Å². The van der Waals surface area contributed by atoms with E-state index in [2.05, 4.69) is 34.4 Å². The Morgan fingerprint density at radius 2 is 1.94 bits per heavy atom. The molecule has 3 heterocycles. The first-order valence-corrected chi connectivity index (χ1v) is 16.8. The standard InChI is InChI=1S/C36H42BrN3O7/c1-5-7-13-28(42)46-21-26(24-11-9-8-10-12-24)38-33(43)29-30-34(44)40(17-18-41)32(36(30)20-25(37)31(29)47-36)35(45)39(16-6-2)27-19-22(3)14-15-23(27)4/h5-6,8-12,14-15,19,25-26,29-32,41H,1-2,7,13,16-18,20-21H2,3-4H3,(H,38,43)/t25?,26-,29+,30-,31+,32+,36-/m0/s1. The molecule has 2 aromatic carbocycles. The minimum Gasteiger partial charge on any atom is -0.463 e. The van der Waals surface area contributed by atoms with Gasteiger partial charge in [-0.05, 0) is 49.4 Å². The summed E-state index contributed by atoms with van der Waals surface area (Å²) in [6.45, 7) is 11.0. The lowest BCUT2D eigenvalue weighted by Gasteiger charge is -2.37. The van der Waals surface area contributed by atoms with Gasteiger partial charge in [-0.15, -0.1) is 13.2 Å². The molecule has 1 unspecified atom stereocenters. The SMILES string of the molecule is C=CCCC(=O)OC[C@H](NC(=O)[C@H]1[C@@H]2O[C@@]3(CC2Br)[C@@H]1C(=O)N(CCO)[C@@H]3C(=O)N(CC=C)c1cc(C)ccc1C)c1ccccc1. The fraction of sp³-hybridized carbons (Fsp3) is 0.444. The number of fused-ring (bicyclic) bond motifs is 1. The number of aliphatic hydroxyl groups excluding tert-OH is 1. The number of anilines is 1. The van der Waals surface area contributed by atoms with Crippen LogP contribution in [0, 0.1) is 25.7 Å². The quantitative estimate of drug-likeness (QED) is 0.173. The number of hydrogen-bond donors (Lipinski definition) is 2. The van der Waals surface area contributed by atoms with Crippen molar-refractivity contribution in [3.05, 3.63) is 90.5 Å². The molecule has 3 aliphatic heterocycles. The lowest BCUT2D eigenvalue weighted by Crippen LogP contribution is -2.57. The number of benzene rings is 2. The molecule has 3 fully saturated rings. The molecule has 47 heavy (non-hydrogen) atoms. The Bertz CT molecular complexity index is 1530. The van der Waals surface area contributed by atoms with E-state index in [0.29, 0.717) is 18.5 Å². The van der Waals surface area contributed by atoms with Crippen LogP contribution in [0.1, 0.15) is 42.0 Å². The number of carbonyl (C=O) groups is 4. The van der Waals surface area contributed by atoms with Gasteiger partial charge in [0.15, 0.2) is 0 Å². The van der Waals surface area contributed by atoms with E-state index in [0.717, 1.165) is 16.7 Å². The Morgan fingerprint density at radius 3 is 2.62 bits per heavy atom. The van der Waals surface area contributed by atoms with Gasteiger partial charge in [0.05, 0.1) is 30.6 Å². The van der Waals surface area contributed by atoms with Crippen molar-refractivity contribution in [1.29, 1.82) is 0 Å². The monoisotopic (exact) mass is 707 g/mol. The second kappa shape index (κ2) is 14.5. The van der Waals surface area contributed by atoms with Crippen molar-refractivity contribution in [3.63, 3.8) is 0 Å².